The van der Waals surface area contributed by atoms with E-state index in [4.69, 9.17) is 9.26 Å². The molecule has 0 aliphatic heterocycles. The van der Waals surface area contributed by atoms with E-state index in [1.807, 2.05) is 6.07 Å². The Kier molecular flexibility index (Phi) is 5.15. The van der Waals surface area contributed by atoms with Crippen LogP contribution in [0.2, 0.25) is 0 Å². The normalized spacial score (nSPS) is 10.9. The number of rotatable bonds is 6. The lowest BCUT2D eigenvalue weighted by Crippen LogP contribution is -2.13. The highest BCUT2D eigenvalue weighted by atomic mass is 16.5. The Balaban J connectivity index is 1.32. The van der Waals surface area contributed by atoms with Gasteiger partial charge in [0.1, 0.15) is 11.6 Å². The highest BCUT2D eigenvalue weighted by molar-refractivity contribution is 5.77. The topological polar surface area (TPSA) is 111 Å². The van der Waals surface area contributed by atoms with E-state index in [9.17, 15) is 9.59 Å². The van der Waals surface area contributed by atoms with Crippen LogP contribution in [0.25, 0.3) is 22.3 Å². The Morgan fingerprint density at radius 3 is 2.66 bits per heavy atom. The van der Waals surface area contributed by atoms with Crippen LogP contribution in [0.3, 0.4) is 0 Å². The first-order chi connectivity index (χ1) is 14.1. The van der Waals surface area contributed by atoms with Crippen LogP contribution in [0, 0.1) is 6.92 Å². The quantitative estimate of drug-likeness (QED) is 0.397. The van der Waals surface area contributed by atoms with Gasteiger partial charge in [-0.05, 0) is 42.8 Å². The molecular weight excluding hydrogens is 372 g/mol. The number of aryl methyl sites for hydroxylation is 2. The fourth-order valence-corrected chi connectivity index (χ4v) is 2.92. The average molecular weight is 390 g/mol. The number of ether oxygens (including phenoxy) is 1. The molecule has 0 unspecified atom stereocenters. The van der Waals surface area contributed by atoms with E-state index in [0.717, 1.165) is 5.56 Å². The summed E-state index contributed by atoms with van der Waals surface area (Å²) in [6.07, 6.45) is 1.20. The number of H-pyrrole nitrogens is 1. The van der Waals surface area contributed by atoms with E-state index in [0.29, 0.717) is 47.0 Å². The molecule has 0 radical (unpaired) electrons. The van der Waals surface area contributed by atoms with Crippen LogP contribution in [-0.2, 0) is 11.2 Å². The van der Waals surface area contributed by atoms with Crippen molar-refractivity contribution < 1.29 is 14.1 Å². The molecule has 2 heterocycles. The van der Waals surface area contributed by atoms with Crippen LogP contribution in [0.5, 0.6) is 5.75 Å². The summed E-state index contributed by atoms with van der Waals surface area (Å²) in [7, 11) is 0. The average Bonchev–Trinajstić information content (AvgIpc) is 3.15. The summed E-state index contributed by atoms with van der Waals surface area (Å²) < 4.78 is 10.3. The molecule has 0 saturated carbocycles. The van der Waals surface area contributed by atoms with Gasteiger partial charge in [0.05, 0.1) is 10.9 Å². The molecule has 8 nitrogen and oxygen atoms in total. The molecule has 2 aromatic carbocycles. The van der Waals surface area contributed by atoms with E-state index in [2.05, 4.69) is 20.1 Å². The number of aromatic nitrogens is 4. The standard InChI is InChI=1S/C21H18N4O4/c1-13-22-20(25-29-13)14-9-11-15(12-10-14)28-19(26)8-4-7-18-23-17-6-3-2-5-16(17)21(27)24-18/h2-3,5-6,9-12H,4,7-8H2,1H3,(H,23,24,27). The Morgan fingerprint density at radius 1 is 1.10 bits per heavy atom. The van der Waals surface area contributed by atoms with E-state index in [1.54, 1.807) is 49.4 Å². The van der Waals surface area contributed by atoms with Crippen molar-refractivity contribution in [2.45, 2.75) is 26.2 Å². The maximum absolute atomic E-state index is 12.1. The zero-order chi connectivity index (χ0) is 20.2. The number of esters is 1. The Labute approximate surface area is 165 Å². The number of carbonyl (C=O) groups is 1. The minimum Gasteiger partial charge on any atom is -0.427 e. The third-order valence-corrected chi connectivity index (χ3v) is 4.33. The zero-order valence-electron chi connectivity index (χ0n) is 15.7. The monoisotopic (exact) mass is 390 g/mol. The number of fused-ring (bicyclic) bond motifs is 1. The summed E-state index contributed by atoms with van der Waals surface area (Å²) in [6, 6.07) is 14.0. The molecule has 0 aliphatic rings. The second-order valence-electron chi connectivity index (χ2n) is 6.52. The molecular formula is C21H18N4O4. The summed E-state index contributed by atoms with van der Waals surface area (Å²) in [5, 5.41) is 4.40. The molecule has 146 valence electrons. The van der Waals surface area contributed by atoms with Gasteiger partial charge in [0, 0.05) is 25.3 Å². The number of aromatic amines is 1. The predicted molar refractivity (Wildman–Crippen MR) is 105 cm³/mol. The number of benzene rings is 2. The SMILES string of the molecule is Cc1nc(-c2ccc(OC(=O)CCCc3nc4ccccc4c(=O)[nH]3)cc2)no1. The maximum Gasteiger partial charge on any atom is 0.311 e. The molecule has 4 aromatic rings. The van der Waals surface area contributed by atoms with Crippen molar-refractivity contribution in [3.8, 4) is 17.1 Å². The molecule has 0 amide bonds. The fraction of sp³-hybridized carbons (Fsp3) is 0.190. The number of hydrogen-bond donors (Lipinski definition) is 1. The van der Waals surface area contributed by atoms with E-state index in [1.165, 1.54) is 0 Å². The van der Waals surface area contributed by atoms with Gasteiger partial charge in [0.25, 0.3) is 5.56 Å². The lowest BCUT2D eigenvalue weighted by molar-refractivity contribution is -0.134. The highest BCUT2D eigenvalue weighted by Gasteiger charge is 2.09. The lowest BCUT2D eigenvalue weighted by atomic mass is 10.2. The van der Waals surface area contributed by atoms with Crippen molar-refractivity contribution in [1.29, 1.82) is 0 Å². The molecule has 1 N–H and O–H groups in total. The highest BCUT2D eigenvalue weighted by Crippen LogP contribution is 2.20. The first-order valence-corrected chi connectivity index (χ1v) is 9.18. The summed E-state index contributed by atoms with van der Waals surface area (Å²) in [5.41, 5.74) is 1.24. The van der Waals surface area contributed by atoms with Gasteiger partial charge in [-0.1, -0.05) is 17.3 Å². The van der Waals surface area contributed by atoms with Gasteiger partial charge in [-0.2, -0.15) is 4.98 Å². The van der Waals surface area contributed by atoms with Gasteiger partial charge < -0.3 is 14.2 Å². The van der Waals surface area contributed by atoms with Crippen molar-refractivity contribution in [2.24, 2.45) is 0 Å². The molecule has 2 aromatic heterocycles. The summed E-state index contributed by atoms with van der Waals surface area (Å²) in [6.45, 7) is 1.72. The number of nitrogens with one attached hydrogen (secondary N) is 1. The zero-order valence-corrected chi connectivity index (χ0v) is 15.7. The largest absolute Gasteiger partial charge is 0.427 e. The molecule has 0 aliphatic carbocycles. The fourth-order valence-electron chi connectivity index (χ4n) is 2.92. The van der Waals surface area contributed by atoms with Gasteiger partial charge in [-0.15, -0.1) is 0 Å². The van der Waals surface area contributed by atoms with Crippen LogP contribution < -0.4 is 10.3 Å². The van der Waals surface area contributed by atoms with E-state index in [-0.39, 0.29) is 17.9 Å². The first kappa shape index (κ1) is 18.5. The van der Waals surface area contributed by atoms with Crippen LogP contribution >= 0.6 is 0 Å². The second-order valence-corrected chi connectivity index (χ2v) is 6.52. The lowest BCUT2D eigenvalue weighted by Gasteiger charge is -2.05. The van der Waals surface area contributed by atoms with E-state index < -0.39 is 0 Å². The smallest absolute Gasteiger partial charge is 0.311 e. The van der Waals surface area contributed by atoms with Gasteiger partial charge >= 0.3 is 5.97 Å². The van der Waals surface area contributed by atoms with Crippen molar-refractivity contribution in [3.63, 3.8) is 0 Å². The van der Waals surface area contributed by atoms with E-state index >= 15 is 0 Å². The van der Waals surface area contributed by atoms with Crippen molar-refractivity contribution in [1.82, 2.24) is 20.1 Å². The molecule has 0 spiro atoms. The van der Waals surface area contributed by atoms with Gasteiger partial charge in [0.2, 0.25) is 11.7 Å². The van der Waals surface area contributed by atoms with Crippen molar-refractivity contribution >= 4 is 16.9 Å². The summed E-state index contributed by atoms with van der Waals surface area (Å²) >= 11 is 0. The molecule has 0 fully saturated rings. The molecule has 8 heteroatoms. The maximum atomic E-state index is 12.1. The minimum absolute atomic E-state index is 0.176. The Hall–Kier alpha value is -3.81. The van der Waals surface area contributed by atoms with Gasteiger partial charge in [-0.25, -0.2) is 4.98 Å². The number of carbonyl (C=O) groups excluding carboxylic acids is 1. The third kappa shape index (κ3) is 4.37. The van der Waals surface area contributed by atoms with Crippen molar-refractivity contribution in [3.05, 3.63) is 70.6 Å². The first-order valence-electron chi connectivity index (χ1n) is 9.18. The van der Waals surface area contributed by atoms with Crippen LogP contribution in [0.1, 0.15) is 24.6 Å². The number of nitrogens with zero attached hydrogens (tertiary/aromatic N) is 3. The number of para-hydroxylation sites is 1. The number of hydrogen-bond acceptors (Lipinski definition) is 7. The molecule has 4 rings (SSSR count). The van der Waals surface area contributed by atoms with Gasteiger partial charge in [-0.3, -0.25) is 9.59 Å². The molecule has 0 bridgehead atoms. The van der Waals surface area contributed by atoms with Crippen LogP contribution in [0.15, 0.2) is 57.8 Å². The third-order valence-electron chi connectivity index (χ3n) is 4.33. The van der Waals surface area contributed by atoms with Gasteiger partial charge in [0.15, 0.2) is 0 Å². The van der Waals surface area contributed by atoms with Crippen molar-refractivity contribution in [2.75, 3.05) is 0 Å². The Morgan fingerprint density at radius 2 is 1.90 bits per heavy atom. The van der Waals surface area contributed by atoms with Crippen LogP contribution in [0.4, 0.5) is 0 Å². The molecule has 0 atom stereocenters. The van der Waals surface area contributed by atoms with Crippen LogP contribution in [-0.4, -0.2) is 26.1 Å². The summed E-state index contributed by atoms with van der Waals surface area (Å²) in [4.78, 5) is 35.5. The predicted octanol–water partition coefficient (Wildman–Crippen LogP) is 3.21. The molecule has 0 saturated heterocycles. The minimum atomic E-state index is -0.351. The summed E-state index contributed by atoms with van der Waals surface area (Å²) in [5.74, 6) is 1.61. The Bertz CT molecular complexity index is 1210. The molecule has 29 heavy (non-hydrogen) atoms. The second kappa shape index (κ2) is 8.05.